The van der Waals surface area contributed by atoms with Crippen LogP contribution >= 0.6 is 0 Å². The van der Waals surface area contributed by atoms with Gasteiger partial charge < -0.3 is 19.5 Å². The molecule has 0 radical (unpaired) electrons. The largest absolute Gasteiger partial charge is 0.465 e. The van der Waals surface area contributed by atoms with Gasteiger partial charge >= 0.3 is 5.97 Å². The average Bonchev–Trinajstić information content (AvgIpc) is 2.60. The Hall–Kier alpha value is -1.74. The summed E-state index contributed by atoms with van der Waals surface area (Å²) in [5.41, 5.74) is 0.136. The van der Waals surface area contributed by atoms with Crippen LogP contribution in [0.2, 0.25) is 0 Å². The quantitative estimate of drug-likeness (QED) is 0.563. The summed E-state index contributed by atoms with van der Waals surface area (Å²) in [7, 11) is 1.37. The summed E-state index contributed by atoms with van der Waals surface area (Å²) in [5, 5.41) is 10.1. The average molecular weight is 393 g/mol. The van der Waals surface area contributed by atoms with Crippen molar-refractivity contribution in [2.75, 3.05) is 57.8 Å². The zero-order chi connectivity index (χ0) is 20.3. The minimum atomic E-state index is -0.746. The van der Waals surface area contributed by atoms with E-state index in [1.807, 2.05) is 26.8 Å². The van der Waals surface area contributed by atoms with Gasteiger partial charge in [-0.25, -0.2) is 9.78 Å². The van der Waals surface area contributed by atoms with Crippen molar-refractivity contribution in [3.8, 4) is 0 Å². The maximum Gasteiger partial charge on any atom is 0.339 e. The lowest BCUT2D eigenvalue weighted by atomic mass is 10.1. The topological polar surface area (TPSA) is 78.4 Å². The van der Waals surface area contributed by atoms with Crippen molar-refractivity contribution in [3.63, 3.8) is 0 Å². The van der Waals surface area contributed by atoms with Gasteiger partial charge in [0.2, 0.25) is 0 Å². The first kappa shape index (κ1) is 21.0. The monoisotopic (exact) mass is 392 g/mol. The Balaban J connectivity index is 1.40. The number of esters is 1. The molecule has 0 spiro atoms. The van der Waals surface area contributed by atoms with E-state index in [0.717, 1.165) is 45.1 Å². The number of carbonyl (C=O) groups excluding carboxylic acids is 1. The maximum atomic E-state index is 11.5. The van der Waals surface area contributed by atoms with E-state index in [-0.39, 0.29) is 11.6 Å². The number of rotatable bonds is 6. The van der Waals surface area contributed by atoms with Gasteiger partial charge in [0.15, 0.2) is 6.29 Å². The highest BCUT2D eigenvalue weighted by molar-refractivity contribution is 5.89. The fourth-order valence-corrected chi connectivity index (χ4v) is 3.66. The summed E-state index contributed by atoms with van der Waals surface area (Å²) in [5.74, 6) is 0.529. The lowest BCUT2D eigenvalue weighted by molar-refractivity contribution is -0.175. The molecular weight excluding hydrogens is 360 g/mol. The second kappa shape index (κ2) is 8.73. The molecule has 1 unspecified atom stereocenters. The number of carbonyl (C=O) groups is 1. The molecule has 0 aliphatic carbocycles. The number of hydrogen-bond donors (Lipinski definition) is 1. The van der Waals surface area contributed by atoms with Crippen molar-refractivity contribution in [1.29, 1.82) is 0 Å². The van der Waals surface area contributed by atoms with Gasteiger partial charge in [0.1, 0.15) is 5.82 Å². The number of aromatic nitrogens is 1. The first-order valence-electron chi connectivity index (χ1n) is 9.87. The van der Waals surface area contributed by atoms with Gasteiger partial charge in [0.05, 0.1) is 18.3 Å². The summed E-state index contributed by atoms with van der Waals surface area (Å²) >= 11 is 0. The van der Waals surface area contributed by atoms with Gasteiger partial charge in [0.25, 0.3) is 0 Å². The summed E-state index contributed by atoms with van der Waals surface area (Å²) < 4.78 is 10.3. The zero-order valence-electron chi connectivity index (χ0n) is 17.3. The Kier molecular flexibility index (Phi) is 6.54. The zero-order valence-corrected chi connectivity index (χ0v) is 17.3. The normalized spacial score (nSPS) is 20.7. The standard InChI is InChI=1S/C20H32N4O4/c1-20(2,3)28-18(25)14-22-7-9-23(10-8-22)16-12-24(13-16)17-6-5-15(11-21-17)19(26)27-4/h5-6,11,16,18,25H,7-10,12-14H2,1-4H3. The van der Waals surface area contributed by atoms with Crippen LogP contribution < -0.4 is 4.90 Å². The van der Waals surface area contributed by atoms with Crippen LogP contribution in [0, 0.1) is 0 Å². The third-order valence-corrected chi connectivity index (χ3v) is 5.18. The number of nitrogens with zero attached hydrogens (tertiary/aromatic N) is 4. The Morgan fingerprint density at radius 2 is 1.93 bits per heavy atom. The molecule has 28 heavy (non-hydrogen) atoms. The van der Waals surface area contributed by atoms with Crippen molar-refractivity contribution >= 4 is 11.8 Å². The van der Waals surface area contributed by atoms with Gasteiger partial charge in [-0.3, -0.25) is 9.80 Å². The SMILES string of the molecule is COC(=O)c1ccc(N2CC(N3CCN(CC(O)OC(C)(C)C)CC3)C2)nc1. The smallest absolute Gasteiger partial charge is 0.339 e. The lowest BCUT2D eigenvalue weighted by Gasteiger charge is -2.48. The molecule has 2 aliphatic rings. The molecule has 2 aliphatic heterocycles. The fraction of sp³-hybridized carbons (Fsp3) is 0.700. The van der Waals surface area contributed by atoms with E-state index in [1.165, 1.54) is 7.11 Å². The van der Waals surface area contributed by atoms with Crippen LogP contribution in [0.25, 0.3) is 0 Å². The molecule has 0 saturated carbocycles. The predicted octanol–water partition coefficient (Wildman–Crippen LogP) is 0.808. The molecule has 0 aromatic carbocycles. The minimum absolute atomic E-state index is 0.334. The number of anilines is 1. The van der Waals surface area contributed by atoms with E-state index in [0.29, 0.717) is 18.2 Å². The van der Waals surface area contributed by atoms with Crippen LogP contribution in [-0.2, 0) is 9.47 Å². The van der Waals surface area contributed by atoms with Crippen LogP contribution in [0.15, 0.2) is 18.3 Å². The van der Waals surface area contributed by atoms with Crippen molar-refractivity contribution in [2.24, 2.45) is 0 Å². The van der Waals surface area contributed by atoms with Crippen LogP contribution in [0.1, 0.15) is 31.1 Å². The minimum Gasteiger partial charge on any atom is -0.465 e. The van der Waals surface area contributed by atoms with Crippen molar-refractivity contribution < 1.29 is 19.4 Å². The second-order valence-electron chi connectivity index (χ2n) is 8.48. The number of hydrogen-bond acceptors (Lipinski definition) is 8. The second-order valence-corrected chi connectivity index (χ2v) is 8.48. The van der Waals surface area contributed by atoms with Crippen molar-refractivity contribution in [2.45, 2.75) is 38.7 Å². The highest BCUT2D eigenvalue weighted by atomic mass is 16.6. The summed E-state index contributed by atoms with van der Waals surface area (Å²) in [4.78, 5) is 22.9. The van der Waals surface area contributed by atoms with Crippen LogP contribution in [0.5, 0.6) is 0 Å². The molecule has 1 N–H and O–H groups in total. The van der Waals surface area contributed by atoms with E-state index in [9.17, 15) is 9.90 Å². The van der Waals surface area contributed by atoms with Crippen molar-refractivity contribution in [1.82, 2.24) is 14.8 Å². The Bertz CT molecular complexity index is 647. The van der Waals surface area contributed by atoms with E-state index in [2.05, 4.69) is 19.7 Å². The number of aliphatic hydroxyl groups excluding tert-OH is 1. The molecule has 8 heteroatoms. The molecule has 1 aromatic rings. The van der Waals surface area contributed by atoms with Gasteiger partial charge in [-0.05, 0) is 32.9 Å². The molecule has 2 saturated heterocycles. The number of aliphatic hydroxyl groups is 1. The molecule has 2 fully saturated rings. The molecule has 1 aromatic heterocycles. The maximum absolute atomic E-state index is 11.5. The number of β-amino-alcohol motifs (C(OH)–C–C–N with tert-alkyl or cyclic N) is 1. The highest BCUT2D eigenvalue weighted by Gasteiger charge is 2.34. The molecule has 1 atom stereocenters. The van der Waals surface area contributed by atoms with E-state index >= 15 is 0 Å². The first-order valence-corrected chi connectivity index (χ1v) is 9.87. The van der Waals surface area contributed by atoms with Crippen LogP contribution in [-0.4, -0.2) is 96.7 Å². The molecule has 156 valence electrons. The van der Waals surface area contributed by atoms with Gasteiger partial charge in [-0.2, -0.15) is 0 Å². The Labute approximate surface area is 167 Å². The number of pyridine rings is 1. The lowest BCUT2D eigenvalue weighted by Crippen LogP contribution is -2.63. The summed E-state index contributed by atoms with van der Waals surface area (Å²) in [6, 6.07) is 4.15. The fourth-order valence-electron chi connectivity index (χ4n) is 3.66. The van der Waals surface area contributed by atoms with E-state index < -0.39 is 6.29 Å². The number of methoxy groups -OCH3 is 1. The van der Waals surface area contributed by atoms with Crippen molar-refractivity contribution in [3.05, 3.63) is 23.9 Å². The van der Waals surface area contributed by atoms with Crippen LogP contribution in [0.4, 0.5) is 5.82 Å². The predicted molar refractivity (Wildman–Crippen MR) is 106 cm³/mol. The van der Waals surface area contributed by atoms with E-state index in [4.69, 9.17) is 9.47 Å². The number of ether oxygens (including phenoxy) is 2. The highest BCUT2D eigenvalue weighted by Crippen LogP contribution is 2.23. The molecule has 0 amide bonds. The van der Waals surface area contributed by atoms with E-state index in [1.54, 1.807) is 12.3 Å². The summed E-state index contributed by atoms with van der Waals surface area (Å²) in [6.45, 7) is 12.2. The third-order valence-electron chi connectivity index (χ3n) is 5.18. The third kappa shape index (κ3) is 5.41. The molecule has 0 bridgehead atoms. The molecule has 3 rings (SSSR count). The molecular formula is C20H32N4O4. The van der Waals surface area contributed by atoms with Gasteiger partial charge in [-0.15, -0.1) is 0 Å². The summed E-state index contributed by atoms with van der Waals surface area (Å²) in [6.07, 6.45) is 0.822. The number of piperazine rings is 1. The Morgan fingerprint density at radius 1 is 1.25 bits per heavy atom. The van der Waals surface area contributed by atoms with Gasteiger partial charge in [0, 0.05) is 58.1 Å². The Morgan fingerprint density at radius 3 is 2.46 bits per heavy atom. The first-order chi connectivity index (χ1) is 13.2. The van der Waals surface area contributed by atoms with Crippen LogP contribution in [0.3, 0.4) is 0 Å². The van der Waals surface area contributed by atoms with Gasteiger partial charge in [-0.1, -0.05) is 0 Å². The molecule has 8 nitrogen and oxygen atoms in total. The molecule has 3 heterocycles.